The van der Waals surface area contributed by atoms with E-state index in [9.17, 15) is 9.59 Å². The van der Waals surface area contributed by atoms with Crippen LogP contribution in [0.25, 0.3) is 22.9 Å². The SMILES string of the molecule is CCn1nc(-c2ccccc2Br)nc2c(=O)n(C)c(=O)nc1-2. The molecule has 0 fully saturated rings. The van der Waals surface area contributed by atoms with Crippen LogP contribution in [0.2, 0.25) is 0 Å². The van der Waals surface area contributed by atoms with Gasteiger partial charge in [-0.25, -0.2) is 14.5 Å². The van der Waals surface area contributed by atoms with Crippen molar-refractivity contribution in [3.05, 3.63) is 49.6 Å². The third-order valence-electron chi connectivity index (χ3n) is 3.30. The molecule has 22 heavy (non-hydrogen) atoms. The van der Waals surface area contributed by atoms with Gasteiger partial charge in [0.05, 0.1) is 0 Å². The molecule has 1 aromatic rings. The minimum absolute atomic E-state index is 0.129. The fourth-order valence-corrected chi connectivity index (χ4v) is 2.57. The molecule has 0 saturated carbocycles. The highest BCUT2D eigenvalue weighted by atomic mass is 79.9. The summed E-state index contributed by atoms with van der Waals surface area (Å²) in [6, 6.07) is 7.47. The molecule has 3 rings (SSSR count). The molecule has 0 amide bonds. The minimum atomic E-state index is -0.614. The average molecular weight is 362 g/mol. The summed E-state index contributed by atoms with van der Waals surface area (Å²) < 4.78 is 3.28. The van der Waals surface area contributed by atoms with Gasteiger partial charge in [0.2, 0.25) is 0 Å². The van der Waals surface area contributed by atoms with E-state index in [-0.39, 0.29) is 11.5 Å². The van der Waals surface area contributed by atoms with E-state index in [1.807, 2.05) is 31.2 Å². The van der Waals surface area contributed by atoms with Crippen LogP contribution in [0.1, 0.15) is 6.92 Å². The van der Waals surface area contributed by atoms with Crippen LogP contribution in [0, 0.1) is 0 Å². The molecular formula is C14H12BrN5O2. The first kappa shape index (κ1) is 14.6. The van der Waals surface area contributed by atoms with Gasteiger partial charge in [0.25, 0.3) is 5.56 Å². The van der Waals surface area contributed by atoms with Crippen molar-refractivity contribution >= 4 is 15.9 Å². The molecule has 0 radical (unpaired) electrons. The molecule has 0 bridgehead atoms. The second-order valence-corrected chi connectivity index (χ2v) is 5.52. The van der Waals surface area contributed by atoms with E-state index in [0.29, 0.717) is 12.4 Å². The van der Waals surface area contributed by atoms with E-state index in [2.05, 4.69) is 31.0 Å². The lowest BCUT2D eigenvalue weighted by molar-refractivity contribution is 0.612. The van der Waals surface area contributed by atoms with Gasteiger partial charge in [-0.15, -0.1) is 0 Å². The largest absolute Gasteiger partial charge is 0.352 e. The number of aromatic nitrogens is 5. The number of rotatable bonds is 2. The van der Waals surface area contributed by atoms with Gasteiger partial charge in [-0.2, -0.15) is 10.1 Å². The molecule has 2 aliphatic heterocycles. The Hall–Kier alpha value is -2.35. The predicted octanol–water partition coefficient (Wildman–Crippen LogP) is 1.29. The van der Waals surface area contributed by atoms with Gasteiger partial charge in [0.1, 0.15) is 0 Å². The fourth-order valence-electron chi connectivity index (χ4n) is 2.10. The summed E-state index contributed by atoms with van der Waals surface area (Å²) in [7, 11) is 1.38. The molecule has 0 N–H and O–H groups in total. The fraction of sp³-hybridized carbons (Fsp3) is 0.214. The molecule has 2 aliphatic rings. The second kappa shape index (κ2) is 5.45. The van der Waals surface area contributed by atoms with Crippen LogP contribution in [0.5, 0.6) is 0 Å². The molecule has 0 spiro atoms. The number of aryl methyl sites for hydroxylation is 1. The van der Waals surface area contributed by atoms with E-state index in [0.717, 1.165) is 14.6 Å². The molecule has 8 heteroatoms. The van der Waals surface area contributed by atoms with Gasteiger partial charge in [0, 0.05) is 23.6 Å². The first-order valence-electron chi connectivity index (χ1n) is 6.63. The van der Waals surface area contributed by atoms with Crippen molar-refractivity contribution in [1.82, 2.24) is 24.3 Å². The molecule has 0 unspecified atom stereocenters. The predicted molar refractivity (Wildman–Crippen MR) is 84.8 cm³/mol. The van der Waals surface area contributed by atoms with Crippen molar-refractivity contribution in [3.8, 4) is 22.9 Å². The van der Waals surface area contributed by atoms with Crippen LogP contribution in [0.4, 0.5) is 0 Å². The zero-order chi connectivity index (χ0) is 15.9. The van der Waals surface area contributed by atoms with E-state index in [1.165, 1.54) is 11.7 Å². The topological polar surface area (TPSA) is 82.7 Å². The Bertz CT molecular complexity index is 947. The zero-order valence-electron chi connectivity index (χ0n) is 11.9. The van der Waals surface area contributed by atoms with E-state index < -0.39 is 11.2 Å². The maximum atomic E-state index is 12.3. The second-order valence-electron chi connectivity index (χ2n) is 4.66. The monoisotopic (exact) mass is 361 g/mol. The van der Waals surface area contributed by atoms with E-state index in [4.69, 9.17) is 0 Å². The highest BCUT2D eigenvalue weighted by molar-refractivity contribution is 9.10. The van der Waals surface area contributed by atoms with Crippen LogP contribution in [0.15, 0.2) is 38.3 Å². The van der Waals surface area contributed by atoms with Gasteiger partial charge in [0.15, 0.2) is 17.3 Å². The third kappa shape index (κ3) is 2.25. The van der Waals surface area contributed by atoms with Crippen LogP contribution < -0.4 is 11.2 Å². The van der Waals surface area contributed by atoms with Gasteiger partial charge in [-0.3, -0.25) is 9.36 Å². The Kier molecular flexibility index (Phi) is 3.61. The van der Waals surface area contributed by atoms with Gasteiger partial charge in [-0.05, 0) is 19.1 Å². The normalized spacial score (nSPS) is 11.0. The quantitative estimate of drug-likeness (QED) is 0.686. The smallest absolute Gasteiger partial charge is 0.267 e. The maximum absolute atomic E-state index is 12.3. The third-order valence-corrected chi connectivity index (χ3v) is 3.99. The lowest BCUT2D eigenvalue weighted by atomic mass is 10.2. The summed E-state index contributed by atoms with van der Waals surface area (Å²) in [5, 5.41) is 4.39. The molecule has 0 saturated heterocycles. The highest BCUT2D eigenvalue weighted by Gasteiger charge is 2.20. The van der Waals surface area contributed by atoms with Gasteiger partial charge < -0.3 is 0 Å². The molecule has 0 atom stereocenters. The summed E-state index contributed by atoms with van der Waals surface area (Å²) >= 11 is 3.45. The van der Waals surface area contributed by atoms with Crippen molar-refractivity contribution in [2.45, 2.75) is 13.5 Å². The summed E-state index contributed by atoms with van der Waals surface area (Å²) in [6.45, 7) is 2.33. The summed E-state index contributed by atoms with van der Waals surface area (Å²) in [6.07, 6.45) is 0. The summed E-state index contributed by atoms with van der Waals surface area (Å²) in [5.41, 5.74) is -0.200. The number of halogens is 1. The average Bonchev–Trinajstić information content (AvgIpc) is 2.52. The number of nitrogens with zero attached hydrogens (tertiary/aromatic N) is 5. The van der Waals surface area contributed by atoms with Crippen LogP contribution >= 0.6 is 15.9 Å². The van der Waals surface area contributed by atoms with Gasteiger partial charge in [-0.1, -0.05) is 28.1 Å². The molecule has 0 aliphatic carbocycles. The van der Waals surface area contributed by atoms with Gasteiger partial charge >= 0.3 is 5.69 Å². The highest BCUT2D eigenvalue weighted by Crippen LogP contribution is 2.26. The van der Waals surface area contributed by atoms with Crippen LogP contribution in [-0.2, 0) is 13.6 Å². The minimum Gasteiger partial charge on any atom is -0.267 e. The Morgan fingerprint density at radius 2 is 1.91 bits per heavy atom. The number of fused-ring (bicyclic) bond motifs is 1. The molecule has 0 aromatic heterocycles. The molecule has 1 aromatic carbocycles. The first-order chi connectivity index (χ1) is 10.5. The van der Waals surface area contributed by atoms with Crippen molar-refractivity contribution in [2.24, 2.45) is 7.05 Å². The van der Waals surface area contributed by atoms with Crippen LogP contribution in [0.3, 0.4) is 0 Å². The lowest BCUT2D eigenvalue weighted by Gasteiger charge is -2.13. The Morgan fingerprint density at radius 3 is 2.59 bits per heavy atom. The zero-order valence-corrected chi connectivity index (χ0v) is 13.5. The first-order valence-corrected chi connectivity index (χ1v) is 7.43. The standard InChI is InChI=1S/C14H12BrN5O2/c1-3-20-12-10(13(21)19(2)14(22)17-12)16-11(18-20)8-6-4-5-7-9(8)15/h4-7H,3H2,1-2H3. The molecular weight excluding hydrogens is 350 g/mol. The Morgan fingerprint density at radius 1 is 1.18 bits per heavy atom. The number of hydrogen-bond acceptors (Lipinski definition) is 5. The Balaban J connectivity index is 2.41. The van der Waals surface area contributed by atoms with Crippen molar-refractivity contribution < 1.29 is 0 Å². The number of hydrogen-bond donors (Lipinski definition) is 0. The van der Waals surface area contributed by atoms with Crippen molar-refractivity contribution in [1.29, 1.82) is 0 Å². The van der Waals surface area contributed by atoms with Crippen molar-refractivity contribution in [3.63, 3.8) is 0 Å². The summed E-state index contributed by atoms with van der Waals surface area (Å²) in [5.74, 6) is 0.603. The van der Waals surface area contributed by atoms with E-state index in [1.54, 1.807) is 0 Å². The van der Waals surface area contributed by atoms with E-state index >= 15 is 0 Å². The molecule has 112 valence electrons. The lowest BCUT2D eigenvalue weighted by Crippen LogP contribution is -2.37. The molecule has 2 heterocycles. The van der Waals surface area contributed by atoms with Crippen molar-refractivity contribution in [2.75, 3.05) is 0 Å². The summed E-state index contributed by atoms with van der Waals surface area (Å²) in [4.78, 5) is 32.2. The van der Waals surface area contributed by atoms with Crippen LogP contribution in [-0.4, -0.2) is 24.3 Å². The molecule has 7 nitrogen and oxygen atoms in total. The Labute approximate surface area is 133 Å². The maximum Gasteiger partial charge on any atom is 0.352 e. The number of benzene rings is 1.